The maximum atomic E-state index is 13.3. The van der Waals surface area contributed by atoms with E-state index in [9.17, 15) is 12.8 Å². The first kappa shape index (κ1) is 15.5. The van der Waals surface area contributed by atoms with Crippen LogP contribution in [0.3, 0.4) is 0 Å². The van der Waals surface area contributed by atoms with Crippen molar-refractivity contribution in [2.45, 2.75) is 17.9 Å². The van der Waals surface area contributed by atoms with Gasteiger partial charge >= 0.3 is 0 Å². The van der Waals surface area contributed by atoms with Crippen LogP contribution in [-0.4, -0.2) is 37.2 Å². The number of nitrogens with zero attached hydrogens (tertiary/aromatic N) is 2. The number of aromatic nitrogens is 3. The number of H-pyrrole nitrogens is 1. The summed E-state index contributed by atoms with van der Waals surface area (Å²) >= 11 is 0. The number of nitrogens with one attached hydrogen (secondary N) is 3. The zero-order chi connectivity index (χ0) is 15.3. The third kappa shape index (κ3) is 4.06. The van der Waals surface area contributed by atoms with Crippen LogP contribution in [0.1, 0.15) is 11.4 Å². The molecule has 0 spiro atoms. The highest BCUT2D eigenvalue weighted by atomic mass is 32.2. The first-order valence-electron chi connectivity index (χ1n) is 6.30. The molecular formula is C12H16FN5O2S. The lowest BCUT2D eigenvalue weighted by molar-refractivity contribution is 0.574. The van der Waals surface area contributed by atoms with Gasteiger partial charge in [-0.15, -0.1) is 0 Å². The maximum absolute atomic E-state index is 13.3. The Morgan fingerprint density at radius 1 is 1.38 bits per heavy atom. The van der Waals surface area contributed by atoms with Crippen molar-refractivity contribution in [1.82, 2.24) is 25.2 Å². The van der Waals surface area contributed by atoms with Crippen molar-refractivity contribution in [3.63, 3.8) is 0 Å². The van der Waals surface area contributed by atoms with Crippen LogP contribution in [0.4, 0.5) is 4.39 Å². The predicted octanol–water partition coefficient (Wildman–Crippen LogP) is 0.184. The van der Waals surface area contributed by atoms with Gasteiger partial charge in [0, 0.05) is 19.5 Å². The van der Waals surface area contributed by atoms with E-state index in [1.54, 1.807) is 7.05 Å². The fourth-order valence-corrected chi connectivity index (χ4v) is 3.13. The third-order valence-electron chi connectivity index (χ3n) is 2.80. The molecule has 0 aliphatic carbocycles. The monoisotopic (exact) mass is 313 g/mol. The minimum absolute atomic E-state index is 0.0607. The highest BCUT2D eigenvalue weighted by Crippen LogP contribution is 2.17. The van der Waals surface area contributed by atoms with Gasteiger partial charge in [-0.2, -0.15) is 5.10 Å². The Hall–Kier alpha value is -1.84. The van der Waals surface area contributed by atoms with Gasteiger partial charge in [0.05, 0.1) is 4.90 Å². The summed E-state index contributed by atoms with van der Waals surface area (Å²) in [6.45, 7) is 0.478. The van der Waals surface area contributed by atoms with Crippen LogP contribution in [-0.2, 0) is 23.0 Å². The number of hydrogen-bond donors (Lipinski definition) is 3. The molecule has 3 N–H and O–H groups in total. The lowest BCUT2D eigenvalue weighted by atomic mass is 10.2. The summed E-state index contributed by atoms with van der Waals surface area (Å²) in [5, 5.41) is 9.17. The van der Waals surface area contributed by atoms with Crippen molar-refractivity contribution < 1.29 is 12.8 Å². The second-order valence-corrected chi connectivity index (χ2v) is 6.10. The van der Waals surface area contributed by atoms with Crippen molar-refractivity contribution in [2.24, 2.45) is 0 Å². The summed E-state index contributed by atoms with van der Waals surface area (Å²) in [6.07, 6.45) is 1.72. The Morgan fingerprint density at radius 2 is 2.19 bits per heavy atom. The Bertz CT molecular complexity index is 688. The average Bonchev–Trinajstić information content (AvgIpc) is 2.94. The molecule has 0 aliphatic rings. The van der Waals surface area contributed by atoms with Gasteiger partial charge in [-0.25, -0.2) is 22.5 Å². The number of aromatic amines is 1. The first-order valence-corrected chi connectivity index (χ1v) is 7.78. The highest BCUT2D eigenvalue weighted by Gasteiger charge is 2.18. The molecule has 1 aromatic heterocycles. The van der Waals surface area contributed by atoms with E-state index in [1.807, 2.05) is 0 Å². The van der Waals surface area contributed by atoms with Crippen molar-refractivity contribution in [3.05, 3.63) is 41.7 Å². The van der Waals surface area contributed by atoms with Crippen LogP contribution in [0.15, 0.2) is 29.4 Å². The minimum atomic E-state index is -3.78. The molecule has 114 valence electrons. The Labute approximate surface area is 122 Å². The molecule has 7 nitrogen and oxygen atoms in total. The minimum Gasteiger partial charge on any atom is -0.316 e. The molecule has 0 saturated carbocycles. The summed E-state index contributed by atoms with van der Waals surface area (Å²) in [7, 11) is -2.09. The average molecular weight is 313 g/mol. The molecule has 0 bridgehead atoms. The number of benzene rings is 1. The molecular weight excluding hydrogens is 297 g/mol. The maximum Gasteiger partial charge on any atom is 0.241 e. The molecule has 1 aromatic carbocycles. The van der Waals surface area contributed by atoms with E-state index in [2.05, 4.69) is 25.2 Å². The van der Waals surface area contributed by atoms with Gasteiger partial charge in [0.15, 0.2) is 0 Å². The topological polar surface area (TPSA) is 99.8 Å². The van der Waals surface area contributed by atoms with E-state index in [0.29, 0.717) is 24.4 Å². The van der Waals surface area contributed by atoms with Gasteiger partial charge in [-0.05, 0) is 24.7 Å². The molecule has 0 atom stereocenters. The van der Waals surface area contributed by atoms with Gasteiger partial charge < -0.3 is 5.32 Å². The first-order chi connectivity index (χ1) is 10.0. The van der Waals surface area contributed by atoms with Crippen LogP contribution in [0.2, 0.25) is 0 Å². The molecule has 1 heterocycles. The van der Waals surface area contributed by atoms with E-state index in [-0.39, 0.29) is 11.4 Å². The zero-order valence-electron chi connectivity index (χ0n) is 11.4. The van der Waals surface area contributed by atoms with Crippen molar-refractivity contribution in [3.8, 4) is 0 Å². The van der Waals surface area contributed by atoms with E-state index in [1.165, 1.54) is 18.5 Å². The summed E-state index contributed by atoms with van der Waals surface area (Å²) < 4.78 is 40.3. The summed E-state index contributed by atoms with van der Waals surface area (Å²) in [5.74, 6) is -0.0159. The largest absolute Gasteiger partial charge is 0.316 e. The molecule has 0 radical (unpaired) electrons. The Balaban J connectivity index is 2.12. The van der Waals surface area contributed by atoms with Crippen LogP contribution >= 0.6 is 0 Å². The van der Waals surface area contributed by atoms with E-state index >= 15 is 0 Å². The molecule has 2 aromatic rings. The molecule has 0 fully saturated rings. The molecule has 21 heavy (non-hydrogen) atoms. The normalized spacial score (nSPS) is 11.7. The predicted molar refractivity (Wildman–Crippen MR) is 74.4 cm³/mol. The summed E-state index contributed by atoms with van der Waals surface area (Å²) in [5.41, 5.74) is 0.506. The standard InChI is InChI=1S/C12H16FN5O2S/c1-14-7-9-2-3-10(13)6-11(9)21(19,20)17-5-4-12-15-8-16-18-12/h2-3,6,8,14,17H,4-5,7H2,1H3,(H,15,16,18). The second kappa shape index (κ2) is 6.74. The zero-order valence-corrected chi connectivity index (χ0v) is 12.2. The summed E-state index contributed by atoms with van der Waals surface area (Å²) in [4.78, 5) is 3.84. The van der Waals surface area contributed by atoms with Crippen molar-refractivity contribution in [1.29, 1.82) is 0 Å². The second-order valence-electron chi connectivity index (χ2n) is 4.36. The lowest BCUT2D eigenvalue weighted by Crippen LogP contribution is -2.28. The molecule has 0 amide bonds. The van der Waals surface area contributed by atoms with Crippen molar-refractivity contribution in [2.75, 3.05) is 13.6 Å². The van der Waals surface area contributed by atoms with Gasteiger partial charge in [0.1, 0.15) is 18.0 Å². The molecule has 0 aliphatic heterocycles. The third-order valence-corrected chi connectivity index (χ3v) is 4.35. The van der Waals surface area contributed by atoms with Gasteiger partial charge in [0.25, 0.3) is 0 Å². The Morgan fingerprint density at radius 3 is 2.86 bits per heavy atom. The fraction of sp³-hybridized carbons (Fsp3) is 0.333. The number of hydrogen-bond acceptors (Lipinski definition) is 5. The highest BCUT2D eigenvalue weighted by molar-refractivity contribution is 7.89. The van der Waals surface area contributed by atoms with Crippen LogP contribution in [0, 0.1) is 5.82 Å². The number of rotatable bonds is 7. The van der Waals surface area contributed by atoms with Gasteiger partial charge in [-0.3, -0.25) is 5.10 Å². The lowest BCUT2D eigenvalue weighted by Gasteiger charge is -2.11. The summed E-state index contributed by atoms with van der Waals surface area (Å²) in [6, 6.07) is 3.71. The Kier molecular flexibility index (Phi) is 4.99. The van der Waals surface area contributed by atoms with Gasteiger partial charge in [0.2, 0.25) is 10.0 Å². The van der Waals surface area contributed by atoms with Crippen molar-refractivity contribution >= 4 is 10.0 Å². The van der Waals surface area contributed by atoms with Crippen LogP contribution < -0.4 is 10.0 Å². The van der Waals surface area contributed by atoms with Crippen LogP contribution in [0.5, 0.6) is 0 Å². The quantitative estimate of drug-likeness (QED) is 0.677. The molecule has 9 heteroatoms. The molecule has 2 rings (SSSR count). The van der Waals surface area contributed by atoms with Gasteiger partial charge in [-0.1, -0.05) is 6.07 Å². The molecule has 0 unspecified atom stereocenters. The van der Waals surface area contributed by atoms with Crippen LogP contribution in [0.25, 0.3) is 0 Å². The van der Waals surface area contributed by atoms with E-state index < -0.39 is 15.8 Å². The number of sulfonamides is 1. The van der Waals surface area contributed by atoms with E-state index in [4.69, 9.17) is 0 Å². The smallest absolute Gasteiger partial charge is 0.241 e. The van der Waals surface area contributed by atoms with E-state index in [0.717, 1.165) is 6.07 Å². The SMILES string of the molecule is CNCc1ccc(F)cc1S(=O)(=O)NCCc1ncn[nH]1. The fourth-order valence-electron chi connectivity index (χ4n) is 1.85. The number of halogens is 1. The molecule has 0 saturated heterocycles.